The molecule has 0 amide bonds. The van der Waals surface area contributed by atoms with E-state index in [-0.39, 0.29) is 0 Å². The summed E-state index contributed by atoms with van der Waals surface area (Å²) in [6.45, 7) is 3.72. The summed E-state index contributed by atoms with van der Waals surface area (Å²) in [5.41, 5.74) is 2.38. The second-order valence-corrected chi connectivity index (χ2v) is 6.00. The summed E-state index contributed by atoms with van der Waals surface area (Å²) in [6.07, 6.45) is 2.55. The normalized spacial score (nSPS) is 17.6. The van der Waals surface area contributed by atoms with Gasteiger partial charge in [0.15, 0.2) is 0 Å². The Kier molecular flexibility index (Phi) is 4.78. The van der Waals surface area contributed by atoms with Crippen LogP contribution in [0.5, 0.6) is 0 Å². The Hall–Kier alpha value is -1.10. The first-order valence-corrected chi connectivity index (χ1v) is 8.12. The lowest BCUT2D eigenvalue weighted by Gasteiger charge is -2.31. The van der Waals surface area contributed by atoms with Gasteiger partial charge in [-0.25, -0.2) is 0 Å². The lowest BCUT2D eigenvalue weighted by Crippen LogP contribution is -2.36. The summed E-state index contributed by atoms with van der Waals surface area (Å²) in [4.78, 5) is 2.47. The summed E-state index contributed by atoms with van der Waals surface area (Å²) in [7, 11) is 2.01. The molecule has 21 heavy (non-hydrogen) atoms. The molecule has 0 atom stereocenters. The molecule has 2 heterocycles. The van der Waals surface area contributed by atoms with Crippen LogP contribution in [0.25, 0.3) is 10.9 Å². The van der Waals surface area contributed by atoms with Crippen LogP contribution in [0.1, 0.15) is 18.5 Å². The molecule has 0 radical (unpaired) electrons. The Morgan fingerprint density at radius 2 is 2.05 bits per heavy atom. The zero-order chi connectivity index (χ0) is 14.7. The monoisotopic (exact) mass is 307 g/mol. The summed E-state index contributed by atoms with van der Waals surface area (Å²) in [6, 6.07) is 8.43. The van der Waals surface area contributed by atoms with Gasteiger partial charge in [-0.05, 0) is 18.9 Å². The molecule has 1 fully saturated rings. The van der Waals surface area contributed by atoms with Crippen LogP contribution in [-0.2, 0) is 18.3 Å². The highest BCUT2D eigenvalue weighted by molar-refractivity contribution is 6.17. The molecule has 5 heteroatoms. The van der Waals surface area contributed by atoms with Gasteiger partial charge in [-0.2, -0.15) is 5.10 Å². The van der Waals surface area contributed by atoms with Crippen molar-refractivity contribution in [2.75, 3.05) is 25.6 Å². The molecule has 1 aliphatic heterocycles. The van der Waals surface area contributed by atoms with Gasteiger partial charge in [-0.3, -0.25) is 9.58 Å². The zero-order valence-electron chi connectivity index (χ0n) is 12.5. The van der Waals surface area contributed by atoms with Crippen molar-refractivity contribution in [2.24, 2.45) is 7.05 Å². The van der Waals surface area contributed by atoms with E-state index in [4.69, 9.17) is 16.3 Å². The lowest BCUT2D eigenvalue weighted by atomic mass is 10.1. The average molecular weight is 308 g/mol. The fraction of sp³-hybridized carbons (Fsp3) is 0.562. The summed E-state index contributed by atoms with van der Waals surface area (Å²) in [5.74, 6) is 0.583. The average Bonchev–Trinajstić information content (AvgIpc) is 2.83. The van der Waals surface area contributed by atoms with Crippen LogP contribution in [0.3, 0.4) is 0 Å². The van der Waals surface area contributed by atoms with Crippen molar-refractivity contribution in [2.45, 2.75) is 25.5 Å². The van der Waals surface area contributed by atoms with Crippen molar-refractivity contribution >= 4 is 22.5 Å². The molecule has 2 aromatic rings. The van der Waals surface area contributed by atoms with Gasteiger partial charge in [0.05, 0.1) is 23.9 Å². The molecule has 0 N–H and O–H groups in total. The summed E-state index contributed by atoms with van der Waals surface area (Å²) in [5, 5.41) is 5.94. The topological polar surface area (TPSA) is 30.3 Å². The largest absolute Gasteiger partial charge is 0.377 e. The van der Waals surface area contributed by atoms with E-state index in [0.717, 1.165) is 32.5 Å². The molecule has 114 valence electrons. The number of aromatic nitrogens is 2. The van der Waals surface area contributed by atoms with Crippen molar-refractivity contribution in [1.29, 1.82) is 0 Å². The molecule has 0 spiro atoms. The van der Waals surface area contributed by atoms with Crippen LogP contribution in [0, 0.1) is 0 Å². The predicted octanol–water partition coefficient (Wildman–Crippen LogP) is 2.79. The first-order valence-electron chi connectivity index (χ1n) is 7.58. The minimum absolute atomic E-state index is 0.375. The second-order valence-electron chi connectivity index (χ2n) is 5.62. The number of benzene rings is 1. The van der Waals surface area contributed by atoms with Gasteiger partial charge in [-0.1, -0.05) is 18.2 Å². The summed E-state index contributed by atoms with van der Waals surface area (Å²) < 4.78 is 7.70. The molecular weight excluding hydrogens is 286 g/mol. The third-order valence-corrected chi connectivity index (χ3v) is 4.33. The number of rotatable bonds is 5. The van der Waals surface area contributed by atoms with E-state index in [1.54, 1.807) is 0 Å². The molecule has 0 saturated carbocycles. The van der Waals surface area contributed by atoms with E-state index >= 15 is 0 Å². The molecule has 1 saturated heterocycles. The van der Waals surface area contributed by atoms with E-state index < -0.39 is 0 Å². The maximum Gasteiger partial charge on any atom is 0.0843 e. The molecule has 0 bridgehead atoms. The minimum atomic E-state index is 0.375. The highest BCUT2D eigenvalue weighted by Gasteiger charge is 2.21. The van der Waals surface area contributed by atoms with Gasteiger partial charge in [0.1, 0.15) is 0 Å². The maximum atomic E-state index is 5.73. The summed E-state index contributed by atoms with van der Waals surface area (Å²) >= 11 is 5.67. The predicted molar refractivity (Wildman–Crippen MR) is 85.7 cm³/mol. The van der Waals surface area contributed by atoms with Gasteiger partial charge in [-0.15, -0.1) is 11.6 Å². The number of ether oxygens (including phenoxy) is 1. The molecule has 4 nitrogen and oxygen atoms in total. The molecule has 0 unspecified atom stereocenters. The third-order valence-electron chi connectivity index (χ3n) is 4.17. The SMILES string of the molecule is Cn1nc(CN2CCC(OCCCl)CC2)c2ccccc21. The van der Waals surface area contributed by atoms with Crippen LogP contribution in [0.15, 0.2) is 24.3 Å². The van der Waals surface area contributed by atoms with Crippen molar-refractivity contribution in [3.8, 4) is 0 Å². The third kappa shape index (κ3) is 3.39. The number of likely N-dealkylation sites (tertiary alicyclic amines) is 1. The molecule has 3 rings (SSSR count). The van der Waals surface area contributed by atoms with Gasteiger partial charge in [0, 0.05) is 37.9 Å². The molecule has 1 aliphatic rings. The number of nitrogens with zero attached hydrogens (tertiary/aromatic N) is 3. The van der Waals surface area contributed by atoms with Gasteiger partial charge in [0.25, 0.3) is 0 Å². The van der Waals surface area contributed by atoms with Crippen LogP contribution >= 0.6 is 11.6 Å². The number of hydrogen-bond acceptors (Lipinski definition) is 3. The van der Waals surface area contributed by atoms with E-state index in [0.29, 0.717) is 18.6 Å². The van der Waals surface area contributed by atoms with Crippen molar-refractivity contribution in [3.63, 3.8) is 0 Å². The Morgan fingerprint density at radius 1 is 1.29 bits per heavy atom. The van der Waals surface area contributed by atoms with E-state index in [9.17, 15) is 0 Å². The molecule has 1 aromatic carbocycles. The van der Waals surface area contributed by atoms with Gasteiger partial charge >= 0.3 is 0 Å². The molecule has 0 aliphatic carbocycles. The Bertz CT molecular complexity index is 590. The highest BCUT2D eigenvalue weighted by atomic mass is 35.5. The molecular formula is C16H22ClN3O. The first kappa shape index (κ1) is 14.8. The fourth-order valence-electron chi connectivity index (χ4n) is 3.06. The Morgan fingerprint density at radius 3 is 2.81 bits per heavy atom. The number of para-hydroxylation sites is 1. The Labute approximate surface area is 130 Å². The van der Waals surface area contributed by atoms with Crippen molar-refractivity contribution < 1.29 is 4.74 Å². The number of halogens is 1. The number of fused-ring (bicyclic) bond motifs is 1. The maximum absolute atomic E-state index is 5.73. The van der Waals surface area contributed by atoms with E-state index in [1.807, 2.05) is 11.7 Å². The number of alkyl halides is 1. The van der Waals surface area contributed by atoms with Crippen LogP contribution in [0.4, 0.5) is 0 Å². The first-order chi connectivity index (χ1) is 10.3. The number of piperidine rings is 1. The van der Waals surface area contributed by atoms with Crippen molar-refractivity contribution in [3.05, 3.63) is 30.0 Å². The van der Waals surface area contributed by atoms with Gasteiger partial charge < -0.3 is 4.74 Å². The van der Waals surface area contributed by atoms with Crippen LogP contribution < -0.4 is 0 Å². The smallest absolute Gasteiger partial charge is 0.0843 e. The molecule has 1 aromatic heterocycles. The van der Waals surface area contributed by atoms with Crippen molar-refractivity contribution in [1.82, 2.24) is 14.7 Å². The standard InChI is InChI=1S/C16H22ClN3O/c1-19-16-5-3-2-4-14(16)15(18-19)12-20-9-6-13(7-10-20)21-11-8-17/h2-5,13H,6-12H2,1H3. The number of hydrogen-bond donors (Lipinski definition) is 0. The van der Waals surface area contributed by atoms with E-state index in [1.165, 1.54) is 16.6 Å². The number of aryl methyl sites for hydroxylation is 1. The zero-order valence-corrected chi connectivity index (χ0v) is 13.2. The van der Waals surface area contributed by atoms with Crippen LogP contribution in [-0.4, -0.2) is 46.4 Å². The van der Waals surface area contributed by atoms with Crippen LogP contribution in [0.2, 0.25) is 0 Å². The van der Waals surface area contributed by atoms with Gasteiger partial charge in [0.2, 0.25) is 0 Å². The Balaban J connectivity index is 1.62. The van der Waals surface area contributed by atoms with E-state index in [2.05, 4.69) is 34.3 Å². The quantitative estimate of drug-likeness (QED) is 0.796. The lowest BCUT2D eigenvalue weighted by molar-refractivity contribution is 0.0133. The second kappa shape index (κ2) is 6.77. The minimum Gasteiger partial charge on any atom is -0.377 e. The fourth-order valence-corrected chi connectivity index (χ4v) is 3.15. The highest BCUT2D eigenvalue weighted by Crippen LogP contribution is 2.21.